The van der Waals surface area contributed by atoms with E-state index in [1.54, 1.807) is 0 Å². The van der Waals surface area contributed by atoms with Crippen molar-refractivity contribution >= 4 is 40.5 Å². The lowest BCUT2D eigenvalue weighted by atomic mass is 10.2. The van der Waals surface area contributed by atoms with Gasteiger partial charge in [0, 0.05) is 5.69 Å². The molecular formula is C8H10Cl3N. The lowest BCUT2D eigenvalue weighted by Crippen LogP contribution is -1.85. The maximum atomic E-state index is 5.52. The van der Waals surface area contributed by atoms with Crippen LogP contribution in [0.2, 0.25) is 0 Å². The number of benzene rings is 1. The van der Waals surface area contributed by atoms with E-state index >= 15 is 0 Å². The minimum Gasteiger partial charge on any atom is -0.399 e. The van der Waals surface area contributed by atoms with Crippen LogP contribution < -0.4 is 5.73 Å². The van der Waals surface area contributed by atoms with Gasteiger partial charge in [-0.05, 0) is 18.6 Å². The highest BCUT2D eigenvalue weighted by Gasteiger charge is 1.84. The fourth-order valence-electron chi connectivity index (χ4n) is 0.587. The van der Waals surface area contributed by atoms with E-state index in [2.05, 4.69) is 0 Å². The van der Waals surface area contributed by atoms with Crippen LogP contribution in [0.3, 0.4) is 0 Å². The molecule has 0 aliphatic heterocycles. The summed E-state index contributed by atoms with van der Waals surface area (Å²) in [6.07, 6.45) is 0. The first-order valence-corrected chi connectivity index (χ1v) is 4.58. The molecule has 1 aromatic carbocycles. The highest BCUT2D eigenvalue weighted by molar-refractivity contribution is 6.63. The van der Waals surface area contributed by atoms with E-state index in [4.69, 9.17) is 40.5 Å². The lowest BCUT2D eigenvalue weighted by Gasteiger charge is -1.93. The van der Waals surface area contributed by atoms with Gasteiger partial charge in [-0.3, -0.25) is 0 Å². The van der Waals surface area contributed by atoms with Crippen molar-refractivity contribution in [2.24, 2.45) is 0 Å². The molecule has 0 amide bonds. The van der Waals surface area contributed by atoms with Crippen molar-refractivity contribution in [3.8, 4) is 0 Å². The monoisotopic (exact) mass is 225 g/mol. The van der Waals surface area contributed by atoms with Gasteiger partial charge in [-0.25, -0.2) is 0 Å². The maximum absolute atomic E-state index is 5.52. The summed E-state index contributed by atoms with van der Waals surface area (Å²) < 4.78 is -0.750. The molecule has 1 rings (SSSR count). The Morgan fingerprint density at radius 1 is 1.17 bits per heavy atom. The third-order valence-electron chi connectivity index (χ3n) is 1.19. The molecule has 68 valence electrons. The zero-order valence-corrected chi connectivity index (χ0v) is 8.87. The summed E-state index contributed by atoms with van der Waals surface area (Å²) in [6.45, 7) is 2.00. The molecule has 4 heteroatoms. The van der Waals surface area contributed by atoms with E-state index < -0.39 is 4.30 Å². The Balaban J connectivity index is 0.000000261. The van der Waals surface area contributed by atoms with Crippen molar-refractivity contribution < 1.29 is 0 Å². The third kappa shape index (κ3) is 6.59. The van der Waals surface area contributed by atoms with E-state index in [-0.39, 0.29) is 0 Å². The molecule has 2 N–H and O–H groups in total. The molecular weight excluding hydrogens is 216 g/mol. The van der Waals surface area contributed by atoms with E-state index in [1.165, 1.54) is 0 Å². The van der Waals surface area contributed by atoms with Gasteiger partial charge in [0.05, 0.1) is 0 Å². The highest BCUT2D eigenvalue weighted by atomic mass is 35.6. The van der Waals surface area contributed by atoms with Gasteiger partial charge < -0.3 is 5.73 Å². The maximum Gasteiger partial charge on any atom is 0.180 e. The number of nitrogens with two attached hydrogens (primary N) is 1. The van der Waals surface area contributed by atoms with Crippen molar-refractivity contribution in [1.82, 2.24) is 0 Å². The third-order valence-corrected chi connectivity index (χ3v) is 1.19. The van der Waals surface area contributed by atoms with Gasteiger partial charge in [-0.2, -0.15) is 0 Å². The molecule has 0 unspecified atom stereocenters. The van der Waals surface area contributed by atoms with Gasteiger partial charge in [-0.15, -0.1) is 0 Å². The molecule has 0 saturated carbocycles. The van der Waals surface area contributed by atoms with Crippen molar-refractivity contribution in [1.29, 1.82) is 0 Å². The molecule has 0 bridgehead atoms. The first-order valence-electron chi connectivity index (χ1n) is 3.27. The van der Waals surface area contributed by atoms with Crippen LogP contribution in [0.15, 0.2) is 24.3 Å². The Labute approximate surface area is 87.4 Å². The van der Waals surface area contributed by atoms with Gasteiger partial charge >= 0.3 is 0 Å². The zero-order chi connectivity index (χ0) is 9.56. The highest BCUT2D eigenvalue weighted by Crippen LogP contribution is 2.06. The summed E-state index contributed by atoms with van der Waals surface area (Å²) in [5, 5.41) is 0. The number of aryl methyl sites for hydroxylation is 1. The largest absolute Gasteiger partial charge is 0.399 e. The molecule has 1 aromatic rings. The molecule has 0 heterocycles. The molecule has 0 aliphatic carbocycles. The SMILES string of the molecule is Cc1ccccc1N.ClC(Cl)Cl. The van der Waals surface area contributed by atoms with Crippen LogP contribution in [0, 0.1) is 6.92 Å². The Morgan fingerprint density at radius 3 is 1.83 bits per heavy atom. The predicted octanol–water partition coefficient (Wildman–Crippen LogP) is 3.56. The summed E-state index contributed by atoms with van der Waals surface area (Å²) in [6, 6.07) is 7.80. The fourth-order valence-corrected chi connectivity index (χ4v) is 0.587. The standard InChI is InChI=1S/C7H9N.CHCl3/c1-6-4-2-3-5-7(6)8;2-1(3)4/h2-5H,8H2,1H3;1H. The number of alkyl halides is 3. The second-order valence-electron chi connectivity index (χ2n) is 2.10. The summed E-state index contributed by atoms with van der Waals surface area (Å²) in [5.41, 5.74) is 7.53. The molecule has 1 nitrogen and oxygen atoms in total. The second kappa shape index (κ2) is 6.41. The van der Waals surface area contributed by atoms with Crippen molar-refractivity contribution in [2.75, 3.05) is 5.73 Å². The van der Waals surface area contributed by atoms with E-state index in [0.29, 0.717) is 0 Å². The van der Waals surface area contributed by atoms with Crippen LogP contribution >= 0.6 is 34.8 Å². The number of anilines is 1. The van der Waals surface area contributed by atoms with Crippen LogP contribution in [0.1, 0.15) is 5.56 Å². The molecule has 0 fully saturated rings. The molecule has 0 spiro atoms. The molecule has 0 aliphatic rings. The van der Waals surface area contributed by atoms with Gasteiger partial charge in [-0.1, -0.05) is 53.0 Å². The number of rotatable bonds is 0. The Morgan fingerprint density at radius 2 is 1.58 bits per heavy atom. The second-order valence-corrected chi connectivity index (χ2v) is 4.08. The van der Waals surface area contributed by atoms with Crippen LogP contribution in [0.5, 0.6) is 0 Å². The minimum absolute atomic E-state index is 0.750. The van der Waals surface area contributed by atoms with Crippen LogP contribution in [0.4, 0.5) is 5.69 Å². The normalized spacial score (nSPS) is 9.08. The molecule has 0 aromatic heterocycles. The summed E-state index contributed by atoms with van der Waals surface area (Å²) >= 11 is 14.4. The Kier molecular flexibility index (Phi) is 6.35. The first kappa shape index (κ1) is 11.9. The van der Waals surface area contributed by atoms with Crippen LogP contribution in [-0.4, -0.2) is 4.30 Å². The predicted molar refractivity (Wildman–Crippen MR) is 56.9 cm³/mol. The van der Waals surface area contributed by atoms with Gasteiger partial charge in [0.25, 0.3) is 0 Å². The Hall–Kier alpha value is -0.110. The van der Waals surface area contributed by atoms with Gasteiger partial charge in [0.15, 0.2) is 4.30 Å². The molecule has 0 atom stereocenters. The van der Waals surface area contributed by atoms with E-state index in [9.17, 15) is 0 Å². The molecule has 12 heavy (non-hydrogen) atoms. The number of halogens is 3. The summed E-state index contributed by atoms with van der Waals surface area (Å²) in [7, 11) is 0. The Bertz CT molecular complexity index is 202. The zero-order valence-electron chi connectivity index (χ0n) is 6.60. The number of hydrogen-bond acceptors (Lipinski definition) is 1. The summed E-state index contributed by atoms with van der Waals surface area (Å²) in [4.78, 5) is 0. The number of nitrogen functional groups attached to an aromatic ring is 1. The fraction of sp³-hybridized carbons (Fsp3) is 0.250. The number of hydrogen-bond donors (Lipinski definition) is 1. The summed E-state index contributed by atoms with van der Waals surface area (Å²) in [5.74, 6) is 0. The van der Waals surface area contributed by atoms with Crippen LogP contribution in [-0.2, 0) is 0 Å². The quantitative estimate of drug-likeness (QED) is 0.531. The average molecular weight is 227 g/mol. The van der Waals surface area contributed by atoms with Crippen molar-refractivity contribution in [2.45, 2.75) is 11.2 Å². The smallest absolute Gasteiger partial charge is 0.180 e. The average Bonchev–Trinajstić information content (AvgIpc) is 1.94. The first-order chi connectivity index (χ1) is 5.54. The van der Waals surface area contributed by atoms with Crippen molar-refractivity contribution in [3.05, 3.63) is 29.8 Å². The van der Waals surface area contributed by atoms with E-state index in [0.717, 1.165) is 11.3 Å². The molecule has 0 radical (unpaired) electrons. The topological polar surface area (TPSA) is 26.0 Å². The van der Waals surface area contributed by atoms with Gasteiger partial charge in [0.1, 0.15) is 0 Å². The van der Waals surface area contributed by atoms with Crippen molar-refractivity contribution in [3.63, 3.8) is 0 Å². The van der Waals surface area contributed by atoms with Crippen LogP contribution in [0.25, 0.3) is 0 Å². The lowest BCUT2D eigenvalue weighted by molar-refractivity contribution is 1.47. The molecule has 0 saturated heterocycles. The minimum atomic E-state index is -0.750. The van der Waals surface area contributed by atoms with Gasteiger partial charge in [0.2, 0.25) is 0 Å². The number of para-hydroxylation sites is 1. The van der Waals surface area contributed by atoms with E-state index in [1.807, 2.05) is 31.2 Å².